The molecule has 0 fully saturated rings. The normalized spacial score (nSPS) is 10.4. The Bertz CT molecular complexity index is 507. The highest BCUT2D eigenvalue weighted by atomic mass is 32.1. The van der Waals surface area contributed by atoms with Gasteiger partial charge in [0.2, 0.25) is 5.91 Å². The molecule has 106 valence electrons. The van der Waals surface area contributed by atoms with Gasteiger partial charge in [0.25, 0.3) is 0 Å². The molecule has 2 nitrogen and oxygen atoms in total. The van der Waals surface area contributed by atoms with E-state index in [1.165, 1.54) is 11.1 Å². The van der Waals surface area contributed by atoms with Gasteiger partial charge in [-0.2, -0.15) is 11.3 Å². The van der Waals surface area contributed by atoms with E-state index in [1.54, 1.807) is 11.3 Å². The van der Waals surface area contributed by atoms with Crippen molar-refractivity contribution in [3.8, 4) is 0 Å². The number of carbonyl (C=O) groups excluding carboxylic acids is 1. The fraction of sp³-hybridized carbons (Fsp3) is 0.353. The molecule has 2 aromatic rings. The van der Waals surface area contributed by atoms with Crippen molar-refractivity contribution >= 4 is 17.2 Å². The van der Waals surface area contributed by atoms with Gasteiger partial charge in [0, 0.05) is 19.5 Å². The second-order valence-corrected chi connectivity index (χ2v) is 5.71. The third-order valence-electron chi connectivity index (χ3n) is 3.27. The zero-order chi connectivity index (χ0) is 14.2. The number of hydrogen-bond donors (Lipinski definition) is 0. The lowest BCUT2D eigenvalue weighted by Crippen LogP contribution is -2.31. The highest BCUT2D eigenvalue weighted by Crippen LogP contribution is 2.12. The monoisotopic (exact) mass is 287 g/mol. The van der Waals surface area contributed by atoms with Gasteiger partial charge in [0.05, 0.1) is 0 Å². The molecule has 0 aliphatic heterocycles. The van der Waals surface area contributed by atoms with Crippen LogP contribution in [0.25, 0.3) is 0 Å². The second kappa shape index (κ2) is 7.85. The first kappa shape index (κ1) is 14.8. The van der Waals surface area contributed by atoms with Crippen molar-refractivity contribution in [1.82, 2.24) is 4.90 Å². The molecule has 0 aliphatic rings. The topological polar surface area (TPSA) is 20.3 Å². The van der Waals surface area contributed by atoms with Gasteiger partial charge < -0.3 is 4.90 Å². The molecule has 0 spiro atoms. The molecular weight excluding hydrogens is 266 g/mol. The summed E-state index contributed by atoms with van der Waals surface area (Å²) >= 11 is 1.68. The minimum Gasteiger partial charge on any atom is -0.338 e. The van der Waals surface area contributed by atoms with Crippen molar-refractivity contribution in [3.63, 3.8) is 0 Å². The number of benzene rings is 1. The lowest BCUT2D eigenvalue weighted by molar-refractivity contribution is -0.131. The molecule has 0 radical (unpaired) electrons. The number of carbonyl (C=O) groups is 1. The molecule has 2 rings (SSSR count). The molecule has 3 heteroatoms. The Morgan fingerprint density at radius 3 is 2.60 bits per heavy atom. The van der Waals surface area contributed by atoms with Crippen LogP contribution in [-0.4, -0.2) is 17.4 Å². The van der Waals surface area contributed by atoms with Gasteiger partial charge in [-0.3, -0.25) is 4.79 Å². The zero-order valence-electron chi connectivity index (χ0n) is 11.9. The van der Waals surface area contributed by atoms with E-state index in [0.717, 1.165) is 25.9 Å². The summed E-state index contributed by atoms with van der Waals surface area (Å²) in [4.78, 5) is 14.3. The van der Waals surface area contributed by atoms with E-state index in [-0.39, 0.29) is 5.91 Å². The average Bonchev–Trinajstić information content (AvgIpc) is 2.98. The minimum atomic E-state index is 0.252. The lowest BCUT2D eigenvalue weighted by atomic mass is 10.1. The third-order valence-corrected chi connectivity index (χ3v) is 4.00. The zero-order valence-corrected chi connectivity index (χ0v) is 12.7. The van der Waals surface area contributed by atoms with E-state index in [0.29, 0.717) is 6.42 Å². The first-order valence-corrected chi connectivity index (χ1v) is 8.06. The maximum atomic E-state index is 12.4. The van der Waals surface area contributed by atoms with Crippen LogP contribution in [0.15, 0.2) is 47.2 Å². The summed E-state index contributed by atoms with van der Waals surface area (Å²) in [5.74, 6) is 0.252. The smallest absolute Gasteiger partial charge is 0.223 e. The molecule has 0 saturated carbocycles. The SMILES string of the molecule is CCCN(Cc1ccsc1)C(=O)CCc1ccccc1. The van der Waals surface area contributed by atoms with Gasteiger partial charge in [-0.25, -0.2) is 0 Å². The molecule has 1 amide bonds. The second-order valence-electron chi connectivity index (χ2n) is 4.93. The minimum absolute atomic E-state index is 0.252. The highest BCUT2D eigenvalue weighted by molar-refractivity contribution is 7.07. The van der Waals surface area contributed by atoms with E-state index >= 15 is 0 Å². The Balaban J connectivity index is 1.89. The largest absolute Gasteiger partial charge is 0.338 e. The highest BCUT2D eigenvalue weighted by Gasteiger charge is 2.13. The summed E-state index contributed by atoms with van der Waals surface area (Å²) < 4.78 is 0. The Morgan fingerprint density at radius 2 is 1.95 bits per heavy atom. The molecule has 0 unspecified atom stereocenters. The standard InChI is InChI=1S/C17H21NOS/c1-2-11-18(13-16-10-12-20-14-16)17(19)9-8-15-6-4-3-5-7-15/h3-7,10,12,14H,2,8-9,11,13H2,1H3. The number of nitrogens with zero attached hydrogens (tertiary/aromatic N) is 1. The first-order chi connectivity index (χ1) is 9.79. The molecule has 1 aromatic heterocycles. The van der Waals surface area contributed by atoms with Gasteiger partial charge in [-0.05, 0) is 40.8 Å². The van der Waals surface area contributed by atoms with Crippen LogP contribution in [0, 0.1) is 0 Å². The summed E-state index contributed by atoms with van der Waals surface area (Å²) in [6, 6.07) is 12.3. The number of rotatable bonds is 7. The van der Waals surface area contributed by atoms with E-state index in [9.17, 15) is 4.79 Å². The number of amides is 1. The van der Waals surface area contributed by atoms with Gasteiger partial charge in [0.1, 0.15) is 0 Å². The van der Waals surface area contributed by atoms with Gasteiger partial charge in [-0.15, -0.1) is 0 Å². The van der Waals surface area contributed by atoms with Gasteiger partial charge in [-0.1, -0.05) is 37.3 Å². The Kier molecular flexibility index (Phi) is 5.81. The van der Waals surface area contributed by atoms with Crippen molar-refractivity contribution in [2.75, 3.05) is 6.54 Å². The predicted octanol–water partition coefficient (Wildman–Crippen LogP) is 4.12. The summed E-state index contributed by atoms with van der Waals surface area (Å²) in [7, 11) is 0. The van der Waals surface area contributed by atoms with Crippen LogP contribution in [0.3, 0.4) is 0 Å². The van der Waals surface area contributed by atoms with E-state index in [2.05, 4.69) is 35.9 Å². The summed E-state index contributed by atoms with van der Waals surface area (Å²) in [6.07, 6.45) is 2.42. The lowest BCUT2D eigenvalue weighted by Gasteiger charge is -2.21. The molecule has 0 atom stereocenters. The average molecular weight is 287 g/mol. The van der Waals surface area contributed by atoms with Crippen molar-refractivity contribution < 1.29 is 4.79 Å². The quantitative estimate of drug-likeness (QED) is 0.750. The number of aryl methyl sites for hydroxylation is 1. The first-order valence-electron chi connectivity index (χ1n) is 7.12. The maximum absolute atomic E-state index is 12.4. The molecule has 0 bridgehead atoms. The van der Waals surface area contributed by atoms with E-state index in [4.69, 9.17) is 0 Å². The van der Waals surface area contributed by atoms with Crippen LogP contribution in [0.1, 0.15) is 30.9 Å². The van der Waals surface area contributed by atoms with Crippen LogP contribution in [-0.2, 0) is 17.8 Å². The Hall–Kier alpha value is -1.61. The fourth-order valence-corrected chi connectivity index (χ4v) is 2.88. The fourth-order valence-electron chi connectivity index (χ4n) is 2.22. The van der Waals surface area contributed by atoms with Crippen LogP contribution >= 0.6 is 11.3 Å². The van der Waals surface area contributed by atoms with E-state index in [1.807, 2.05) is 23.1 Å². The van der Waals surface area contributed by atoms with Crippen LogP contribution in [0.2, 0.25) is 0 Å². The Labute approximate surface area is 125 Å². The maximum Gasteiger partial charge on any atom is 0.223 e. The van der Waals surface area contributed by atoms with Gasteiger partial charge >= 0.3 is 0 Å². The van der Waals surface area contributed by atoms with Crippen molar-refractivity contribution in [2.24, 2.45) is 0 Å². The summed E-state index contributed by atoms with van der Waals surface area (Å²) in [6.45, 7) is 3.69. The van der Waals surface area contributed by atoms with Crippen LogP contribution < -0.4 is 0 Å². The number of hydrogen-bond acceptors (Lipinski definition) is 2. The molecule has 0 N–H and O–H groups in total. The van der Waals surface area contributed by atoms with Gasteiger partial charge in [0.15, 0.2) is 0 Å². The summed E-state index contributed by atoms with van der Waals surface area (Å²) in [5.41, 5.74) is 2.46. The van der Waals surface area contributed by atoms with Crippen molar-refractivity contribution in [2.45, 2.75) is 32.7 Å². The predicted molar refractivity (Wildman–Crippen MR) is 84.8 cm³/mol. The van der Waals surface area contributed by atoms with Crippen LogP contribution in [0.4, 0.5) is 0 Å². The van der Waals surface area contributed by atoms with Crippen molar-refractivity contribution in [1.29, 1.82) is 0 Å². The molecule has 1 aromatic carbocycles. The molecule has 1 heterocycles. The number of thiophene rings is 1. The summed E-state index contributed by atoms with van der Waals surface area (Å²) in [5, 5.41) is 4.18. The molecule has 0 saturated heterocycles. The Morgan fingerprint density at radius 1 is 1.15 bits per heavy atom. The molecule has 20 heavy (non-hydrogen) atoms. The van der Waals surface area contributed by atoms with Crippen molar-refractivity contribution in [3.05, 3.63) is 58.3 Å². The van der Waals surface area contributed by atoms with Crippen LogP contribution in [0.5, 0.6) is 0 Å². The molecular formula is C17H21NOS. The van der Waals surface area contributed by atoms with E-state index < -0.39 is 0 Å². The molecule has 0 aliphatic carbocycles. The third kappa shape index (κ3) is 4.49.